The van der Waals surface area contributed by atoms with Gasteiger partial charge in [0, 0.05) is 10.8 Å². The lowest BCUT2D eigenvalue weighted by Crippen LogP contribution is -2.26. The van der Waals surface area contributed by atoms with E-state index in [-0.39, 0.29) is 26.4 Å². The Labute approximate surface area is 142 Å². The van der Waals surface area contributed by atoms with E-state index in [2.05, 4.69) is 0 Å². The molecular weight excluding hydrogens is 312 g/mol. The molecule has 2 N–H and O–H groups in total. The van der Waals surface area contributed by atoms with Crippen LogP contribution in [0.4, 0.5) is 0 Å². The van der Waals surface area contributed by atoms with Gasteiger partial charge in [-0.2, -0.15) is 0 Å². The van der Waals surface area contributed by atoms with Crippen LogP contribution < -0.4 is 0 Å². The van der Waals surface area contributed by atoms with Crippen LogP contribution >= 0.6 is 0 Å². The van der Waals surface area contributed by atoms with Crippen molar-refractivity contribution in [3.05, 3.63) is 35.4 Å². The van der Waals surface area contributed by atoms with Crippen molar-refractivity contribution < 1.29 is 29.3 Å². The Morgan fingerprint density at radius 3 is 1.33 bits per heavy atom. The van der Waals surface area contributed by atoms with E-state index in [1.165, 1.54) is 24.3 Å². The molecule has 0 aromatic heterocycles. The fourth-order valence-electron chi connectivity index (χ4n) is 1.52. The maximum Gasteiger partial charge on any atom is 0.338 e. The highest BCUT2D eigenvalue weighted by atomic mass is 16.5. The van der Waals surface area contributed by atoms with Gasteiger partial charge in [-0.1, -0.05) is 27.7 Å². The largest absolute Gasteiger partial charge is 0.461 e. The Morgan fingerprint density at radius 1 is 0.792 bits per heavy atom. The van der Waals surface area contributed by atoms with Crippen LogP contribution in [0.15, 0.2) is 24.3 Å². The molecule has 1 rings (SSSR count). The molecule has 0 spiro atoms. The number of rotatable bonds is 8. The van der Waals surface area contributed by atoms with Crippen LogP contribution in [-0.2, 0) is 9.47 Å². The topological polar surface area (TPSA) is 93.1 Å². The molecule has 0 bridgehead atoms. The standard InChI is InChI=1S/C18H26O6/c1-17(2,9-19)11-23-15(21)13-5-7-14(8-6-13)16(22)24-12-18(3,4)10-20/h5-8,19-20H,9-12H2,1-4H3. The molecule has 134 valence electrons. The summed E-state index contributed by atoms with van der Waals surface area (Å²) in [4.78, 5) is 23.9. The van der Waals surface area contributed by atoms with Crippen molar-refractivity contribution in [1.82, 2.24) is 0 Å². The molecule has 0 saturated heterocycles. The van der Waals surface area contributed by atoms with Gasteiger partial charge in [0.25, 0.3) is 0 Å². The second kappa shape index (κ2) is 8.26. The zero-order valence-corrected chi connectivity index (χ0v) is 14.7. The van der Waals surface area contributed by atoms with Gasteiger partial charge in [-0.25, -0.2) is 9.59 Å². The average Bonchev–Trinajstić information content (AvgIpc) is 2.58. The quantitative estimate of drug-likeness (QED) is 0.705. The summed E-state index contributed by atoms with van der Waals surface area (Å²) in [5, 5.41) is 18.3. The van der Waals surface area contributed by atoms with Gasteiger partial charge < -0.3 is 19.7 Å². The van der Waals surface area contributed by atoms with Crippen molar-refractivity contribution in [2.45, 2.75) is 27.7 Å². The van der Waals surface area contributed by atoms with Gasteiger partial charge in [0.15, 0.2) is 0 Å². The summed E-state index contributed by atoms with van der Waals surface area (Å²) in [6.07, 6.45) is 0. The lowest BCUT2D eigenvalue weighted by molar-refractivity contribution is 0.0207. The van der Waals surface area contributed by atoms with Crippen molar-refractivity contribution in [2.75, 3.05) is 26.4 Å². The fourth-order valence-corrected chi connectivity index (χ4v) is 1.52. The minimum Gasteiger partial charge on any atom is -0.461 e. The van der Waals surface area contributed by atoms with E-state index < -0.39 is 22.8 Å². The van der Waals surface area contributed by atoms with E-state index in [1.54, 1.807) is 27.7 Å². The maximum atomic E-state index is 11.9. The molecule has 0 heterocycles. The molecule has 0 aliphatic heterocycles. The first kappa shape index (κ1) is 20.1. The number of aliphatic hydroxyl groups excluding tert-OH is 2. The Bertz CT molecular complexity index is 508. The van der Waals surface area contributed by atoms with Gasteiger partial charge in [0.1, 0.15) is 0 Å². The highest BCUT2D eigenvalue weighted by molar-refractivity contribution is 5.93. The predicted molar refractivity (Wildman–Crippen MR) is 88.7 cm³/mol. The highest BCUT2D eigenvalue weighted by Crippen LogP contribution is 2.17. The number of hydrogen-bond acceptors (Lipinski definition) is 6. The SMILES string of the molecule is CC(C)(CO)COC(=O)c1ccc(C(=O)OCC(C)(C)CO)cc1. The first-order chi connectivity index (χ1) is 11.1. The predicted octanol–water partition coefficient (Wildman–Crippen LogP) is 2.04. The zero-order chi connectivity index (χ0) is 18.4. The van der Waals surface area contributed by atoms with Gasteiger partial charge in [-0.15, -0.1) is 0 Å². The molecule has 0 amide bonds. The Hall–Kier alpha value is -1.92. The van der Waals surface area contributed by atoms with Crippen LogP contribution in [0, 0.1) is 10.8 Å². The smallest absolute Gasteiger partial charge is 0.338 e. The molecule has 0 atom stereocenters. The lowest BCUT2D eigenvalue weighted by atomic mass is 9.96. The van der Waals surface area contributed by atoms with E-state index in [1.807, 2.05) is 0 Å². The molecule has 0 fully saturated rings. The molecular formula is C18H26O6. The normalized spacial score (nSPS) is 11.9. The Balaban J connectivity index is 2.62. The zero-order valence-electron chi connectivity index (χ0n) is 14.7. The lowest BCUT2D eigenvalue weighted by Gasteiger charge is -2.21. The molecule has 24 heavy (non-hydrogen) atoms. The van der Waals surface area contributed by atoms with Crippen LogP contribution in [0.2, 0.25) is 0 Å². The van der Waals surface area contributed by atoms with Gasteiger partial charge in [0.2, 0.25) is 0 Å². The van der Waals surface area contributed by atoms with Crippen LogP contribution in [0.1, 0.15) is 48.4 Å². The maximum absolute atomic E-state index is 11.9. The first-order valence-corrected chi connectivity index (χ1v) is 7.76. The molecule has 6 nitrogen and oxygen atoms in total. The number of benzene rings is 1. The van der Waals surface area contributed by atoms with Crippen molar-refractivity contribution in [2.24, 2.45) is 10.8 Å². The molecule has 0 unspecified atom stereocenters. The van der Waals surface area contributed by atoms with E-state index >= 15 is 0 Å². The third kappa shape index (κ3) is 6.29. The van der Waals surface area contributed by atoms with Crippen molar-refractivity contribution in [3.63, 3.8) is 0 Å². The summed E-state index contributed by atoms with van der Waals surface area (Å²) >= 11 is 0. The number of esters is 2. The van der Waals surface area contributed by atoms with E-state index in [4.69, 9.17) is 19.7 Å². The van der Waals surface area contributed by atoms with Crippen molar-refractivity contribution in [3.8, 4) is 0 Å². The summed E-state index contributed by atoms with van der Waals surface area (Å²) in [5.41, 5.74) is -0.371. The van der Waals surface area contributed by atoms with E-state index in [0.29, 0.717) is 11.1 Å². The summed E-state index contributed by atoms with van der Waals surface area (Å²) in [6, 6.07) is 5.95. The van der Waals surface area contributed by atoms with Crippen LogP contribution in [0.3, 0.4) is 0 Å². The Morgan fingerprint density at radius 2 is 1.08 bits per heavy atom. The van der Waals surface area contributed by atoms with E-state index in [0.717, 1.165) is 0 Å². The number of hydrogen-bond donors (Lipinski definition) is 2. The van der Waals surface area contributed by atoms with Crippen molar-refractivity contribution >= 4 is 11.9 Å². The van der Waals surface area contributed by atoms with Gasteiger partial charge in [0.05, 0.1) is 37.6 Å². The first-order valence-electron chi connectivity index (χ1n) is 7.76. The van der Waals surface area contributed by atoms with Crippen LogP contribution in [0.25, 0.3) is 0 Å². The third-order valence-electron chi connectivity index (χ3n) is 3.40. The number of ether oxygens (including phenoxy) is 2. The molecule has 0 radical (unpaired) electrons. The minimum absolute atomic E-state index is 0.0880. The average molecular weight is 338 g/mol. The van der Waals surface area contributed by atoms with Gasteiger partial charge >= 0.3 is 11.9 Å². The van der Waals surface area contributed by atoms with Gasteiger partial charge in [-0.05, 0) is 24.3 Å². The highest BCUT2D eigenvalue weighted by Gasteiger charge is 2.21. The second-order valence-electron chi connectivity index (χ2n) is 7.37. The molecule has 1 aromatic rings. The number of carbonyl (C=O) groups is 2. The second-order valence-corrected chi connectivity index (χ2v) is 7.37. The fraction of sp³-hybridized carbons (Fsp3) is 0.556. The third-order valence-corrected chi connectivity index (χ3v) is 3.40. The summed E-state index contributed by atoms with van der Waals surface area (Å²) in [7, 11) is 0. The van der Waals surface area contributed by atoms with Crippen LogP contribution in [0.5, 0.6) is 0 Å². The number of aliphatic hydroxyl groups is 2. The van der Waals surface area contributed by atoms with Crippen molar-refractivity contribution in [1.29, 1.82) is 0 Å². The molecule has 0 aliphatic rings. The molecule has 0 saturated carbocycles. The molecule has 6 heteroatoms. The molecule has 1 aromatic carbocycles. The minimum atomic E-state index is -0.516. The molecule has 0 aliphatic carbocycles. The van der Waals surface area contributed by atoms with Crippen LogP contribution in [-0.4, -0.2) is 48.6 Å². The van der Waals surface area contributed by atoms with Gasteiger partial charge in [-0.3, -0.25) is 0 Å². The summed E-state index contributed by atoms with van der Waals surface area (Å²) < 4.78 is 10.3. The number of carbonyl (C=O) groups excluding carboxylic acids is 2. The Kier molecular flexibility index (Phi) is 6.93. The summed E-state index contributed by atoms with van der Waals surface area (Å²) in [5.74, 6) is -1.03. The summed E-state index contributed by atoms with van der Waals surface area (Å²) in [6.45, 7) is 7.16. The van der Waals surface area contributed by atoms with E-state index in [9.17, 15) is 9.59 Å². The monoisotopic (exact) mass is 338 g/mol.